The zero-order valence-electron chi connectivity index (χ0n) is 11.8. The number of thiocarbonyl (C=S) groups is 1. The summed E-state index contributed by atoms with van der Waals surface area (Å²) in [5, 5.41) is 4.42. The summed E-state index contributed by atoms with van der Waals surface area (Å²) >= 11 is 16.8. The van der Waals surface area contributed by atoms with E-state index >= 15 is 0 Å². The van der Waals surface area contributed by atoms with Gasteiger partial charge in [0, 0.05) is 11.1 Å². The predicted octanol–water partition coefficient (Wildman–Crippen LogP) is 2.81. The lowest BCUT2D eigenvalue weighted by molar-refractivity contribution is -0.123. The van der Waals surface area contributed by atoms with E-state index < -0.39 is 0 Å². The number of benzene rings is 1. The summed E-state index contributed by atoms with van der Waals surface area (Å²) in [6, 6.07) is 5.19. The van der Waals surface area contributed by atoms with Crippen molar-refractivity contribution in [3.63, 3.8) is 0 Å². The van der Waals surface area contributed by atoms with Gasteiger partial charge in [-0.1, -0.05) is 36.0 Å². The molecule has 1 fully saturated rings. The van der Waals surface area contributed by atoms with E-state index in [4.69, 9.17) is 40.2 Å². The van der Waals surface area contributed by atoms with E-state index in [1.807, 2.05) is 0 Å². The summed E-state index contributed by atoms with van der Waals surface area (Å²) in [6.45, 7) is -0.180. The molecule has 1 aliphatic carbocycles. The minimum absolute atomic E-state index is 0.180. The molecule has 8 heteroatoms. The van der Waals surface area contributed by atoms with E-state index in [1.54, 1.807) is 18.2 Å². The van der Waals surface area contributed by atoms with Gasteiger partial charge < -0.3 is 10.1 Å². The summed E-state index contributed by atoms with van der Waals surface area (Å²) < 4.78 is 5.31. The highest BCUT2D eigenvalue weighted by molar-refractivity contribution is 7.80. The first-order valence-corrected chi connectivity index (χ1v) is 8.14. The first-order chi connectivity index (χ1) is 10.5. The molecule has 3 N–H and O–H groups in total. The summed E-state index contributed by atoms with van der Waals surface area (Å²) in [6.07, 6.45) is 4.63. The molecule has 1 aliphatic rings. The van der Waals surface area contributed by atoms with Gasteiger partial charge in [-0.15, -0.1) is 0 Å². The van der Waals surface area contributed by atoms with Crippen LogP contribution in [0.5, 0.6) is 5.75 Å². The molecule has 120 valence electrons. The quantitative estimate of drug-likeness (QED) is 0.568. The van der Waals surface area contributed by atoms with Gasteiger partial charge in [-0.25, -0.2) is 0 Å². The standard InChI is InChI=1S/C14H17Cl2N3O2S/c15-9-5-6-12(11(16)7-9)21-8-13(20)18-19-14(22)17-10-3-1-2-4-10/h5-7,10H,1-4,8H2,(H,18,20)(H2,17,19,22). The highest BCUT2D eigenvalue weighted by atomic mass is 35.5. The lowest BCUT2D eigenvalue weighted by atomic mass is 10.3. The van der Waals surface area contributed by atoms with Crippen LogP contribution in [0.25, 0.3) is 0 Å². The van der Waals surface area contributed by atoms with Crippen molar-refractivity contribution in [1.82, 2.24) is 16.2 Å². The van der Waals surface area contributed by atoms with E-state index in [0.29, 0.717) is 26.9 Å². The maximum Gasteiger partial charge on any atom is 0.276 e. The third kappa shape index (κ3) is 5.51. The summed E-state index contributed by atoms with van der Waals surface area (Å²) in [7, 11) is 0. The Hall–Kier alpha value is -1.24. The average molecular weight is 362 g/mol. The first kappa shape index (κ1) is 17.1. The highest BCUT2D eigenvalue weighted by Gasteiger charge is 2.15. The van der Waals surface area contributed by atoms with Crippen molar-refractivity contribution in [2.45, 2.75) is 31.7 Å². The Morgan fingerprint density at radius 2 is 2.00 bits per heavy atom. The zero-order valence-corrected chi connectivity index (χ0v) is 14.2. The smallest absolute Gasteiger partial charge is 0.276 e. The Morgan fingerprint density at radius 1 is 1.27 bits per heavy atom. The molecule has 1 saturated carbocycles. The van der Waals surface area contributed by atoms with Crippen molar-refractivity contribution < 1.29 is 9.53 Å². The Bertz CT molecular complexity index is 551. The van der Waals surface area contributed by atoms with Crippen LogP contribution in [0.1, 0.15) is 25.7 Å². The molecule has 0 unspecified atom stereocenters. The molecule has 0 bridgehead atoms. The maximum atomic E-state index is 11.7. The lowest BCUT2D eigenvalue weighted by Gasteiger charge is -2.16. The van der Waals surface area contributed by atoms with Gasteiger partial charge in [0.15, 0.2) is 11.7 Å². The molecular weight excluding hydrogens is 345 g/mol. The number of amides is 1. The molecule has 0 radical (unpaired) electrons. The summed E-state index contributed by atoms with van der Waals surface area (Å²) in [5.74, 6) is 0.0365. The summed E-state index contributed by atoms with van der Waals surface area (Å²) in [5.41, 5.74) is 5.13. The van der Waals surface area contributed by atoms with Gasteiger partial charge >= 0.3 is 0 Å². The lowest BCUT2D eigenvalue weighted by Crippen LogP contribution is -2.50. The second-order valence-electron chi connectivity index (χ2n) is 4.99. The van der Waals surface area contributed by atoms with Crippen LogP contribution in [-0.2, 0) is 4.79 Å². The Balaban J connectivity index is 1.68. The topological polar surface area (TPSA) is 62.4 Å². The van der Waals surface area contributed by atoms with Crippen LogP contribution in [0.15, 0.2) is 18.2 Å². The third-order valence-electron chi connectivity index (χ3n) is 3.26. The molecule has 1 aromatic rings. The van der Waals surface area contributed by atoms with E-state index in [9.17, 15) is 4.79 Å². The molecule has 0 atom stereocenters. The largest absolute Gasteiger partial charge is 0.482 e. The van der Waals surface area contributed by atoms with Gasteiger partial charge in [-0.3, -0.25) is 15.6 Å². The number of rotatable bonds is 4. The van der Waals surface area contributed by atoms with Crippen molar-refractivity contribution in [2.24, 2.45) is 0 Å². The van der Waals surface area contributed by atoms with Crippen LogP contribution in [0.4, 0.5) is 0 Å². The molecular formula is C14H17Cl2N3O2S. The normalized spacial score (nSPS) is 14.5. The number of ether oxygens (including phenoxy) is 1. The van der Waals surface area contributed by atoms with Crippen molar-refractivity contribution in [3.05, 3.63) is 28.2 Å². The minimum atomic E-state index is -0.360. The molecule has 1 amide bonds. The third-order valence-corrected chi connectivity index (χ3v) is 4.01. The van der Waals surface area contributed by atoms with E-state index in [2.05, 4.69) is 16.2 Å². The summed E-state index contributed by atoms with van der Waals surface area (Å²) in [4.78, 5) is 11.7. The van der Waals surface area contributed by atoms with Crippen molar-refractivity contribution >= 4 is 46.4 Å². The van der Waals surface area contributed by atoms with Crippen LogP contribution in [0.2, 0.25) is 10.0 Å². The zero-order chi connectivity index (χ0) is 15.9. The van der Waals surface area contributed by atoms with E-state index in [-0.39, 0.29) is 12.5 Å². The molecule has 0 saturated heterocycles. The fourth-order valence-corrected chi connectivity index (χ4v) is 2.87. The number of halogens is 2. The fraction of sp³-hybridized carbons (Fsp3) is 0.429. The maximum absolute atomic E-state index is 11.7. The molecule has 0 aliphatic heterocycles. The molecule has 5 nitrogen and oxygen atoms in total. The molecule has 0 spiro atoms. The van der Waals surface area contributed by atoms with Crippen LogP contribution in [-0.4, -0.2) is 23.7 Å². The Labute approximate surface area is 144 Å². The SMILES string of the molecule is O=C(COc1ccc(Cl)cc1Cl)NNC(=S)NC1CCCC1. The molecule has 0 aromatic heterocycles. The first-order valence-electron chi connectivity index (χ1n) is 6.98. The van der Waals surface area contributed by atoms with Crippen LogP contribution < -0.4 is 20.9 Å². The monoisotopic (exact) mass is 361 g/mol. The molecule has 2 rings (SSSR count). The van der Waals surface area contributed by atoms with Gasteiger partial charge in [0.2, 0.25) is 0 Å². The van der Waals surface area contributed by atoms with Crippen LogP contribution in [0.3, 0.4) is 0 Å². The second kappa shape index (κ2) is 8.41. The Kier molecular flexibility index (Phi) is 6.54. The predicted molar refractivity (Wildman–Crippen MR) is 91.2 cm³/mol. The van der Waals surface area contributed by atoms with Crippen molar-refractivity contribution in [2.75, 3.05) is 6.61 Å². The van der Waals surface area contributed by atoms with Crippen LogP contribution >= 0.6 is 35.4 Å². The van der Waals surface area contributed by atoms with Gasteiger partial charge in [-0.05, 0) is 43.3 Å². The van der Waals surface area contributed by atoms with Gasteiger partial charge in [-0.2, -0.15) is 0 Å². The van der Waals surface area contributed by atoms with Gasteiger partial charge in [0.1, 0.15) is 5.75 Å². The van der Waals surface area contributed by atoms with Crippen molar-refractivity contribution in [1.29, 1.82) is 0 Å². The van der Waals surface area contributed by atoms with Crippen LogP contribution in [0, 0.1) is 0 Å². The molecule has 0 heterocycles. The van der Waals surface area contributed by atoms with E-state index in [1.165, 1.54) is 12.8 Å². The van der Waals surface area contributed by atoms with E-state index in [0.717, 1.165) is 12.8 Å². The van der Waals surface area contributed by atoms with Gasteiger partial charge in [0.05, 0.1) is 5.02 Å². The molecule has 22 heavy (non-hydrogen) atoms. The van der Waals surface area contributed by atoms with Gasteiger partial charge in [0.25, 0.3) is 5.91 Å². The number of carbonyl (C=O) groups excluding carboxylic acids is 1. The number of carbonyl (C=O) groups is 1. The second-order valence-corrected chi connectivity index (χ2v) is 6.24. The number of hydrazine groups is 1. The highest BCUT2D eigenvalue weighted by Crippen LogP contribution is 2.27. The number of hydrogen-bond donors (Lipinski definition) is 3. The fourth-order valence-electron chi connectivity index (χ4n) is 2.19. The number of nitrogens with one attached hydrogen (secondary N) is 3. The Morgan fingerprint density at radius 3 is 2.68 bits per heavy atom. The average Bonchev–Trinajstić information content (AvgIpc) is 2.97. The number of hydrogen-bond acceptors (Lipinski definition) is 3. The molecule has 1 aromatic carbocycles. The van der Waals surface area contributed by atoms with Crippen molar-refractivity contribution in [3.8, 4) is 5.75 Å². The minimum Gasteiger partial charge on any atom is -0.482 e.